The molecule has 1 spiro atoms. The molecule has 1 fully saturated rings. The number of amidine groups is 1. The summed E-state index contributed by atoms with van der Waals surface area (Å²) in [6, 6.07) is 5.68. The zero-order valence-electron chi connectivity index (χ0n) is 15.1. The van der Waals surface area contributed by atoms with Gasteiger partial charge < -0.3 is 10.6 Å². The third-order valence-corrected chi connectivity index (χ3v) is 6.20. The van der Waals surface area contributed by atoms with Crippen molar-refractivity contribution in [3.8, 4) is 0 Å². The SMILES string of the molecule is CC.Clc1ccc(CN=C2Nc3scnc3NC23CCCCC3)cc1Cl. The molecule has 1 aliphatic heterocycles. The van der Waals surface area contributed by atoms with Crippen LogP contribution in [0.1, 0.15) is 51.5 Å². The molecule has 2 heterocycles. The third kappa shape index (κ3) is 4.00. The average Bonchev–Trinajstić information content (AvgIpc) is 3.11. The minimum absolute atomic E-state index is 0.116. The van der Waals surface area contributed by atoms with Crippen LogP contribution >= 0.6 is 34.5 Å². The van der Waals surface area contributed by atoms with Crippen molar-refractivity contribution in [2.45, 2.75) is 58.0 Å². The second kappa shape index (κ2) is 8.59. The number of rotatable bonds is 2. The van der Waals surface area contributed by atoms with Crippen LogP contribution in [0, 0.1) is 0 Å². The number of hydrogen-bond donors (Lipinski definition) is 2. The van der Waals surface area contributed by atoms with E-state index in [-0.39, 0.29) is 5.54 Å². The summed E-state index contributed by atoms with van der Waals surface area (Å²) in [5.41, 5.74) is 2.80. The minimum Gasteiger partial charge on any atom is -0.355 e. The highest BCUT2D eigenvalue weighted by atomic mass is 35.5. The van der Waals surface area contributed by atoms with Crippen LogP contribution in [-0.2, 0) is 6.54 Å². The summed E-state index contributed by atoms with van der Waals surface area (Å²) in [5.74, 6) is 1.97. The minimum atomic E-state index is -0.116. The maximum atomic E-state index is 6.11. The quantitative estimate of drug-likeness (QED) is 0.584. The number of aliphatic imine (C=N–C) groups is 1. The summed E-state index contributed by atoms with van der Waals surface area (Å²) >= 11 is 13.7. The smallest absolute Gasteiger partial charge is 0.162 e. The molecule has 140 valence electrons. The van der Waals surface area contributed by atoms with E-state index in [4.69, 9.17) is 28.2 Å². The molecule has 0 bridgehead atoms. The second-order valence-corrected chi connectivity index (χ2v) is 8.01. The largest absolute Gasteiger partial charge is 0.355 e. The molecular formula is C19H24Cl2N4S. The lowest BCUT2D eigenvalue weighted by atomic mass is 9.79. The van der Waals surface area contributed by atoms with Crippen LogP contribution in [0.2, 0.25) is 10.0 Å². The molecule has 4 nitrogen and oxygen atoms in total. The fraction of sp³-hybridized carbons (Fsp3) is 0.474. The van der Waals surface area contributed by atoms with E-state index in [2.05, 4.69) is 15.6 Å². The van der Waals surface area contributed by atoms with Crippen LogP contribution < -0.4 is 10.6 Å². The van der Waals surface area contributed by atoms with Gasteiger partial charge in [0.05, 0.1) is 27.6 Å². The predicted molar refractivity (Wildman–Crippen MR) is 114 cm³/mol. The molecule has 0 atom stereocenters. The Balaban J connectivity index is 0.000000948. The number of fused-ring (bicyclic) bond motifs is 1. The van der Waals surface area contributed by atoms with Gasteiger partial charge in [-0.25, -0.2) is 4.98 Å². The summed E-state index contributed by atoms with van der Waals surface area (Å²) in [4.78, 5) is 9.34. The Morgan fingerprint density at radius 2 is 1.92 bits per heavy atom. The molecule has 1 aromatic heterocycles. The van der Waals surface area contributed by atoms with Crippen LogP contribution in [0.5, 0.6) is 0 Å². The first-order chi connectivity index (χ1) is 12.7. The predicted octanol–water partition coefficient (Wildman–Crippen LogP) is 6.62. The Labute approximate surface area is 169 Å². The van der Waals surface area contributed by atoms with Gasteiger partial charge in [0.2, 0.25) is 0 Å². The topological polar surface area (TPSA) is 49.3 Å². The third-order valence-electron chi connectivity index (χ3n) is 4.72. The van der Waals surface area contributed by atoms with Gasteiger partial charge in [0.15, 0.2) is 5.82 Å². The lowest BCUT2D eigenvalue weighted by Crippen LogP contribution is -2.53. The Morgan fingerprint density at radius 3 is 2.65 bits per heavy atom. The number of aromatic nitrogens is 1. The highest BCUT2D eigenvalue weighted by Gasteiger charge is 2.41. The van der Waals surface area contributed by atoms with Crippen molar-refractivity contribution < 1.29 is 0 Å². The maximum Gasteiger partial charge on any atom is 0.162 e. The number of halogens is 2. The van der Waals surface area contributed by atoms with Gasteiger partial charge >= 0.3 is 0 Å². The lowest BCUT2D eigenvalue weighted by Gasteiger charge is -2.42. The Morgan fingerprint density at radius 1 is 1.15 bits per heavy atom. The van der Waals surface area contributed by atoms with Gasteiger partial charge in [-0.2, -0.15) is 0 Å². The second-order valence-electron chi connectivity index (χ2n) is 6.34. The summed E-state index contributed by atoms with van der Waals surface area (Å²) in [5, 5.41) is 9.36. The monoisotopic (exact) mass is 410 g/mol. The first kappa shape index (κ1) is 19.5. The molecule has 4 rings (SSSR count). The molecule has 0 amide bonds. The van der Waals surface area contributed by atoms with Gasteiger partial charge in [0, 0.05) is 0 Å². The molecule has 0 saturated heterocycles. The molecule has 0 unspecified atom stereocenters. The van der Waals surface area contributed by atoms with Crippen LogP contribution in [0.25, 0.3) is 0 Å². The van der Waals surface area contributed by atoms with Crippen molar-refractivity contribution in [1.29, 1.82) is 0 Å². The zero-order chi connectivity index (χ0) is 18.6. The van der Waals surface area contributed by atoms with E-state index in [0.717, 1.165) is 35.1 Å². The van der Waals surface area contributed by atoms with E-state index < -0.39 is 0 Å². The number of benzene rings is 1. The molecule has 2 N–H and O–H groups in total. The van der Waals surface area contributed by atoms with Crippen LogP contribution in [0.15, 0.2) is 28.7 Å². The van der Waals surface area contributed by atoms with E-state index in [1.54, 1.807) is 11.3 Å². The molecule has 0 radical (unpaired) electrons. The van der Waals surface area contributed by atoms with Crippen molar-refractivity contribution >= 4 is 51.2 Å². The molecule has 2 aliphatic rings. The summed E-state index contributed by atoms with van der Waals surface area (Å²) in [7, 11) is 0. The van der Waals surface area contributed by atoms with E-state index in [0.29, 0.717) is 16.6 Å². The van der Waals surface area contributed by atoms with Gasteiger partial charge in [-0.05, 0) is 30.5 Å². The fourth-order valence-corrected chi connectivity index (χ4v) is 4.41. The van der Waals surface area contributed by atoms with E-state index in [9.17, 15) is 0 Å². The maximum absolute atomic E-state index is 6.11. The molecule has 26 heavy (non-hydrogen) atoms. The van der Waals surface area contributed by atoms with Crippen molar-refractivity contribution in [3.05, 3.63) is 39.3 Å². The average molecular weight is 411 g/mol. The van der Waals surface area contributed by atoms with Crippen molar-refractivity contribution in [1.82, 2.24) is 4.98 Å². The van der Waals surface area contributed by atoms with Gasteiger partial charge in [0.25, 0.3) is 0 Å². The normalized spacial score (nSPS) is 19.2. The molecule has 1 aromatic carbocycles. The van der Waals surface area contributed by atoms with Crippen molar-refractivity contribution in [3.63, 3.8) is 0 Å². The summed E-state index contributed by atoms with van der Waals surface area (Å²) < 4.78 is 0. The fourth-order valence-electron chi connectivity index (χ4n) is 3.45. The van der Waals surface area contributed by atoms with Crippen molar-refractivity contribution in [2.24, 2.45) is 4.99 Å². The molecule has 2 aromatic rings. The molecule has 1 aliphatic carbocycles. The number of thiazole rings is 1. The van der Waals surface area contributed by atoms with Gasteiger partial charge in [-0.3, -0.25) is 4.99 Å². The Kier molecular flexibility index (Phi) is 6.43. The molecule has 7 heteroatoms. The van der Waals surface area contributed by atoms with Gasteiger partial charge in [-0.1, -0.05) is 62.4 Å². The molecule has 1 saturated carbocycles. The molecular weight excluding hydrogens is 387 g/mol. The summed E-state index contributed by atoms with van der Waals surface area (Å²) in [6.07, 6.45) is 5.86. The van der Waals surface area contributed by atoms with Gasteiger partial charge in [-0.15, -0.1) is 11.3 Å². The van der Waals surface area contributed by atoms with Gasteiger partial charge in [0.1, 0.15) is 10.8 Å². The van der Waals surface area contributed by atoms with E-state index in [1.165, 1.54) is 19.3 Å². The lowest BCUT2D eigenvalue weighted by molar-refractivity contribution is 0.402. The van der Waals surface area contributed by atoms with Crippen LogP contribution in [0.3, 0.4) is 0 Å². The first-order valence-corrected chi connectivity index (χ1v) is 10.8. The van der Waals surface area contributed by atoms with Crippen molar-refractivity contribution in [2.75, 3.05) is 10.6 Å². The zero-order valence-corrected chi connectivity index (χ0v) is 17.4. The summed E-state index contributed by atoms with van der Waals surface area (Å²) in [6.45, 7) is 4.58. The van der Waals surface area contributed by atoms with Crippen LogP contribution in [-0.4, -0.2) is 16.4 Å². The highest BCUT2D eigenvalue weighted by Crippen LogP contribution is 2.40. The number of anilines is 2. The van der Waals surface area contributed by atoms with Crippen LogP contribution in [0.4, 0.5) is 10.8 Å². The Bertz CT molecular complexity index is 782. The Hall–Kier alpha value is -1.30. The van der Waals surface area contributed by atoms with E-state index >= 15 is 0 Å². The number of hydrogen-bond acceptors (Lipinski definition) is 4. The van der Waals surface area contributed by atoms with E-state index in [1.807, 2.05) is 37.6 Å². The number of nitrogens with one attached hydrogen (secondary N) is 2. The standard InChI is InChI=1S/C17H18Cl2N4S.C2H6/c18-12-5-4-11(8-13(12)19)9-20-16-17(6-2-1-3-7-17)23-14-15(22-16)24-10-21-14;1-2/h4-5,8,10,23H,1-3,6-7,9H2,(H,20,22);1-2H3. The highest BCUT2D eigenvalue weighted by molar-refractivity contribution is 7.14. The first-order valence-electron chi connectivity index (χ1n) is 9.14. The number of nitrogens with zero attached hydrogens (tertiary/aromatic N) is 2.